The third-order valence-corrected chi connectivity index (χ3v) is 9.73. The lowest BCUT2D eigenvalue weighted by molar-refractivity contribution is 0.0662. The lowest BCUT2D eigenvalue weighted by Crippen LogP contribution is -2.51. The molecule has 3 aromatic rings. The third-order valence-electron chi connectivity index (χ3n) is 7.91. The molecule has 0 bridgehead atoms. The SMILES string of the molecule is Cc1cc(Nc2ccc(F)cc2)c(C=N)cc1[C@@H]1CN(S(=O)(=O)c2cnn(C3CCOCC3)c2)CCN1CC(C)C. The van der Waals surface area contributed by atoms with Gasteiger partial charge in [-0.1, -0.05) is 13.8 Å². The van der Waals surface area contributed by atoms with Gasteiger partial charge in [0, 0.05) is 74.8 Å². The Kier molecular flexibility index (Phi) is 8.88. The van der Waals surface area contributed by atoms with Crippen molar-refractivity contribution in [3.05, 3.63) is 71.3 Å². The van der Waals surface area contributed by atoms with Crippen molar-refractivity contribution in [2.75, 3.05) is 44.7 Å². The fourth-order valence-corrected chi connectivity index (χ4v) is 7.15. The van der Waals surface area contributed by atoms with Gasteiger partial charge in [0.05, 0.1) is 12.2 Å². The number of hydrogen-bond acceptors (Lipinski definition) is 7. The number of anilines is 2. The Labute approximate surface area is 241 Å². The number of hydrogen-bond donors (Lipinski definition) is 2. The zero-order valence-corrected chi connectivity index (χ0v) is 24.7. The zero-order valence-electron chi connectivity index (χ0n) is 23.9. The maximum atomic E-state index is 13.8. The van der Waals surface area contributed by atoms with E-state index < -0.39 is 10.0 Å². The highest BCUT2D eigenvalue weighted by atomic mass is 32.2. The molecule has 0 amide bonds. The largest absolute Gasteiger partial charge is 0.381 e. The molecule has 9 nitrogen and oxygen atoms in total. The van der Waals surface area contributed by atoms with Gasteiger partial charge in [-0.3, -0.25) is 9.58 Å². The molecule has 2 fully saturated rings. The predicted molar refractivity (Wildman–Crippen MR) is 158 cm³/mol. The molecule has 220 valence electrons. The second-order valence-electron chi connectivity index (χ2n) is 11.3. The first-order valence-electron chi connectivity index (χ1n) is 14.2. The second kappa shape index (κ2) is 12.4. The molecule has 2 aromatic carbocycles. The summed E-state index contributed by atoms with van der Waals surface area (Å²) in [5.41, 5.74) is 4.12. The summed E-state index contributed by atoms with van der Waals surface area (Å²) in [6.45, 7) is 9.78. The van der Waals surface area contributed by atoms with Crippen LogP contribution in [0.5, 0.6) is 0 Å². The van der Waals surface area contributed by atoms with E-state index >= 15 is 0 Å². The molecule has 2 N–H and O–H groups in total. The first-order chi connectivity index (χ1) is 19.7. The Morgan fingerprint density at radius 1 is 1.17 bits per heavy atom. The molecule has 0 spiro atoms. The fraction of sp³-hybridized carbons (Fsp3) is 0.467. The van der Waals surface area contributed by atoms with Crippen LogP contribution in [0.15, 0.2) is 53.7 Å². The first-order valence-corrected chi connectivity index (χ1v) is 15.6. The summed E-state index contributed by atoms with van der Waals surface area (Å²) in [5, 5.41) is 15.8. The van der Waals surface area contributed by atoms with Crippen LogP contribution in [-0.2, 0) is 14.8 Å². The van der Waals surface area contributed by atoms with E-state index in [1.807, 2.05) is 19.1 Å². The quantitative estimate of drug-likeness (QED) is 0.339. The Morgan fingerprint density at radius 2 is 1.90 bits per heavy atom. The lowest BCUT2D eigenvalue weighted by atomic mass is 9.94. The van der Waals surface area contributed by atoms with Crippen LogP contribution in [0.25, 0.3) is 0 Å². The fourth-order valence-electron chi connectivity index (χ4n) is 5.77. The number of benzene rings is 2. The number of sulfonamides is 1. The summed E-state index contributed by atoms with van der Waals surface area (Å²) in [6.07, 6.45) is 6.06. The number of halogens is 1. The van der Waals surface area contributed by atoms with Crippen LogP contribution in [0.3, 0.4) is 0 Å². The van der Waals surface area contributed by atoms with E-state index in [0.717, 1.165) is 41.9 Å². The van der Waals surface area contributed by atoms with Crippen molar-refractivity contribution in [3.8, 4) is 0 Å². The maximum Gasteiger partial charge on any atom is 0.246 e. The van der Waals surface area contributed by atoms with Crippen LogP contribution in [-0.4, -0.2) is 73.0 Å². The molecule has 3 heterocycles. The van der Waals surface area contributed by atoms with Crippen molar-refractivity contribution < 1.29 is 17.5 Å². The monoisotopic (exact) mass is 582 g/mol. The molecule has 1 atom stereocenters. The van der Waals surface area contributed by atoms with Crippen LogP contribution in [0, 0.1) is 24.1 Å². The van der Waals surface area contributed by atoms with Crippen molar-refractivity contribution in [3.63, 3.8) is 0 Å². The summed E-state index contributed by atoms with van der Waals surface area (Å²) < 4.78 is 49.9. The molecule has 11 heteroatoms. The predicted octanol–water partition coefficient (Wildman–Crippen LogP) is 5.13. The number of nitrogens with one attached hydrogen (secondary N) is 2. The van der Waals surface area contributed by atoms with Gasteiger partial charge in [-0.15, -0.1) is 0 Å². The summed E-state index contributed by atoms with van der Waals surface area (Å²) in [6, 6.07) is 10.0. The summed E-state index contributed by atoms with van der Waals surface area (Å²) in [4.78, 5) is 2.57. The van der Waals surface area contributed by atoms with Crippen molar-refractivity contribution in [1.29, 1.82) is 5.41 Å². The molecule has 41 heavy (non-hydrogen) atoms. The van der Waals surface area contributed by atoms with E-state index in [2.05, 4.69) is 29.2 Å². The minimum Gasteiger partial charge on any atom is -0.381 e. The van der Waals surface area contributed by atoms with Gasteiger partial charge in [0.2, 0.25) is 10.0 Å². The Morgan fingerprint density at radius 3 is 2.59 bits per heavy atom. The van der Waals surface area contributed by atoms with E-state index in [9.17, 15) is 12.8 Å². The molecule has 0 saturated carbocycles. The standard InChI is InChI=1S/C30H39FN6O3S/c1-21(2)18-35-10-11-36(41(38,39)27-17-33-37(19-27)26-8-12-40-13-9-26)20-30(35)28-15-23(16-32)29(14-22(28)3)34-25-6-4-24(31)5-7-25/h4-7,14-17,19,21,26,30,32,34H,8-13,18,20H2,1-3H3/t30-/m0/s1. The van der Waals surface area contributed by atoms with E-state index in [4.69, 9.17) is 10.1 Å². The van der Waals surface area contributed by atoms with E-state index in [-0.39, 0.29) is 22.8 Å². The van der Waals surface area contributed by atoms with Crippen molar-refractivity contribution in [2.45, 2.75) is 50.6 Å². The minimum absolute atomic E-state index is 0.146. The topological polar surface area (TPSA) is 104 Å². The Hall–Kier alpha value is -3.12. The molecule has 2 aliphatic rings. The number of aromatic nitrogens is 2. The summed E-state index contributed by atoms with van der Waals surface area (Å²) in [7, 11) is -3.75. The average molecular weight is 583 g/mol. The van der Waals surface area contributed by atoms with Crippen LogP contribution < -0.4 is 5.32 Å². The van der Waals surface area contributed by atoms with Crippen molar-refractivity contribution in [2.24, 2.45) is 5.92 Å². The van der Waals surface area contributed by atoms with E-state index in [1.54, 1.807) is 27.3 Å². The molecule has 5 rings (SSSR count). The van der Waals surface area contributed by atoms with Gasteiger partial charge in [0.1, 0.15) is 10.7 Å². The normalized spacial score (nSPS) is 19.5. The van der Waals surface area contributed by atoms with Gasteiger partial charge in [0.15, 0.2) is 0 Å². The van der Waals surface area contributed by atoms with E-state index in [1.165, 1.54) is 24.5 Å². The number of rotatable bonds is 9. The highest BCUT2D eigenvalue weighted by Crippen LogP contribution is 2.35. The molecular weight excluding hydrogens is 543 g/mol. The van der Waals surface area contributed by atoms with Crippen LogP contribution >= 0.6 is 0 Å². The highest BCUT2D eigenvalue weighted by Gasteiger charge is 2.37. The van der Waals surface area contributed by atoms with Crippen LogP contribution in [0.2, 0.25) is 0 Å². The average Bonchev–Trinajstić information content (AvgIpc) is 3.47. The molecular formula is C30H39FN6O3S. The van der Waals surface area contributed by atoms with E-state index in [0.29, 0.717) is 44.3 Å². The molecule has 1 aromatic heterocycles. The molecule has 2 saturated heterocycles. The first kappa shape index (κ1) is 29.4. The number of piperazine rings is 1. The van der Waals surface area contributed by atoms with Gasteiger partial charge in [-0.25, -0.2) is 12.8 Å². The van der Waals surface area contributed by atoms with Crippen LogP contribution in [0.1, 0.15) is 55.5 Å². The maximum absolute atomic E-state index is 13.8. The summed E-state index contributed by atoms with van der Waals surface area (Å²) in [5.74, 6) is 0.0904. The van der Waals surface area contributed by atoms with Crippen molar-refractivity contribution in [1.82, 2.24) is 19.0 Å². The Bertz CT molecular complexity index is 1470. The van der Waals surface area contributed by atoms with Gasteiger partial charge in [-0.2, -0.15) is 9.40 Å². The summed E-state index contributed by atoms with van der Waals surface area (Å²) >= 11 is 0. The minimum atomic E-state index is -3.75. The zero-order chi connectivity index (χ0) is 29.1. The molecule has 0 unspecified atom stereocenters. The molecule has 2 aliphatic heterocycles. The van der Waals surface area contributed by atoms with Gasteiger partial charge < -0.3 is 15.5 Å². The van der Waals surface area contributed by atoms with Gasteiger partial charge >= 0.3 is 0 Å². The second-order valence-corrected chi connectivity index (χ2v) is 13.3. The lowest BCUT2D eigenvalue weighted by Gasteiger charge is -2.42. The smallest absolute Gasteiger partial charge is 0.246 e. The number of aryl methyl sites for hydroxylation is 1. The van der Waals surface area contributed by atoms with Crippen molar-refractivity contribution >= 4 is 27.6 Å². The van der Waals surface area contributed by atoms with Crippen LogP contribution in [0.4, 0.5) is 15.8 Å². The van der Waals surface area contributed by atoms with Gasteiger partial charge in [-0.05, 0) is 73.2 Å². The highest BCUT2D eigenvalue weighted by molar-refractivity contribution is 7.89. The molecule has 0 radical (unpaired) electrons. The number of nitrogens with zero attached hydrogens (tertiary/aromatic N) is 4. The van der Waals surface area contributed by atoms with Gasteiger partial charge in [0.25, 0.3) is 0 Å². The number of ether oxygens (including phenoxy) is 1. The Balaban J connectivity index is 1.43. The third kappa shape index (κ3) is 6.53. The molecule has 0 aliphatic carbocycles.